The number of halogens is 1. The number of aromatic nitrogens is 2. The zero-order valence-corrected chi connectivity index (χ0v) is 12.2. The van der Waals surface area contributed by atoms with Crippen molar-refractivity contribution in [3.8, 4) is 0 Å². The molecule has 0 saturated carbocycles. The molecule has 0 radical (unpaired) electrons. The number of hydrogen-bond donors (Lipinski definition) is 2. The number of nitrogens with one attached hydrogen (secondary N) is 1. The summed E-state index contributed by atoms with van der Waals surface area (Å²) in [5.74, 6) is -0.597. The Kier molecular flexibility index (Phi) is 4.61. The van der Waals surface area contributed by atoms with Gasteiger partial charge >= 0.3 is 0 Å². The summed E-state index contributed by atoms with van der Waals surface area (Å²) in [6, 6.07) is 4.20. The minimum Gasteiger partial charge on any atom is -0.326 e. The molecule has 0 spiro atoms. The van der Waals surface area contributed by atoms with Crippen LogP contribution < -0.4 is 10.5 Å². The SMILES string of the molecule is Cc1c(F)cc(CN)cc1S(=O)(=O)NCc1ccncn1. The summed E-state index contributed by atoms with van der Waals surface area (Å²) in [7, 11) is -3.85. The van der Waals surface area contributed by atoms with Crippen LogP contribution in [0.1, 0.15) is 16.8 Å². The van der Waals surface area contributed by atoms with Gasteiger partial charge in [-0.15, -0.1) is 0 Å². The highest BCUT2D eigenvalue weighted by molar-refractivity contribution is 7.89. The van der Waals surface area contributed by atoms with Crippen molar-refractivity contribution in [2.45, 2.75) is 24.9 Å². The van der Waals surface area contributed by atoms with Crippen LogP contribution in [0.25, 0.3) is 0 Å². The first-order valence-electron chi connectivity index (χ1n) is 6.17. The Hall–Kier alpha value is -1.90. The molecular formula is C13H15FN4O2S. The van der Waals surface area contributed by atoms with Gasteiger partial charge in [-0.05, 0) is 30.7 Å². The smallest absolute Gasteiger partial charge is 0.241 e. The second-order valence-electron chi connectivity index (χ2n) is 4.43. The normalized spacial score (nSPS) is 11.6. The lowest BCUT2D eigenvalue weighted by Crippen LogP contribution is -2.25. The molecule has 0 bridgehead atoms. The van der Waals surface area contributed by atoms with E-state index in [0.29, 0.717) is 11.3 Å². The van der Waals surface area contributed by atoms with Crippen LogP contribution in [-0.2, 0) is 23.1 Å². The molecule has 0 saturated heterocycles. The van der Waals surface area contributed by atoms with E-state index < -0.39 is 15.8 Å². The third-order valence-corrected chi connectivity index (χ3v) is 4.50. The summed E-state index contributed by atoms with van der Waals surface area (Å²) in [6.45, 7) is 1.47. The molecule has 1 aromatic carbocycles. The minimum atomic E-state index is -3.85. The lowest BCUT2D eigenvalue weighted by molar-refractivity contribution is 0.572. The second kappa shape index (κ2) is 6.25. The Morgan fingerprint density at radius 2 is 2.14 bits per heavy atom. The van der Waals surface area contributed by atoms with Crippen molar-refractivity contribution < 1.29 is 12.8 Å². The van der Waals surface area contributed by atoms with Gasteiger partial charge in [-0.2, -0.15) is 0 Å². The van der Waals surface area contributed by atoms with Gasteiger partial charge in [-0.25, -0.2) is 27.5 Å². The van der Waals surface area contributed by atoms with E-state index in [1.807, 2.05) is 0 Å². The van der Waals surface area contributed by atoms with Gasteiger partial charge in [0, 0.05) is 18.3 Å². The van der Waals surface area contributed by atoms with Crippen molar-refractivity contribution in [1.82, 2.24) is 14.7 Å². The largest absolute Gasteiger partial charge is 0.326 e. The maximum absolute atomic E-state index is 13.8. The molecule has 0 unspecified atom stereocenters. The van der Waals surface area contributed by atoms with Crippen LogP contribution in [0.4, 0.5) is 4.39 Å². The molecule has 112 valence electrons. The Balaban J connectivity index is 2.29. The van der Waals surface area contributed by atoms with Crippen LogP contribution in [0.5, 0.6) is 0 Å². The highest BCUT2D eigenvalue weighted by Gasteiger charge is 2.20. The van der Waals surface area contributed by atoms with Crippen LogP contribution in [0.2, 0.25) is 0 Å². The summed E-state index contributed by atoms with van der Waals surface area (Å²) in [4.78, 5) is 7.55. The van der Waals surface area contributed by atoms with E-state index in [1.165, 1.54) is 31.6 Å². The molecular weight excluding hydrogens is 295 g/mol. The Morgan fingerprint density at radius 3 is 2.76 bits per heavy atom. The fourth-order valence-corrected chi connectivity index (χ4v) is 3.07. The van der Waals surface area contributed by atoms with E-state index in [2.05, 4.69) is 14.7 Å². The summed E-state index contributed by atoms with van der Waals surface area (Å²) in [5, 5.41) is 0. The van der Waals surface area contributed by atoms with Gasteiger partial charge in [0.1, 0.15) is 12.1 Å². The second-order valence-corrected chi connectivity index (χ2v) is 6.17. The predicted octanol–water partition coefficient (Wildman–Crippen LogP) is 0.861. The Bertz CT molecular complexity index is 735. The van der Waals surface area contributed by atoms with Gasteiger partial charge < -0.3 is 5.73 Å². The van der Waals surface area contributed by atoms with Gasteiger partial charge in [0.25, 0.3) is 0 Å². The molecule has 3 N–H and O–H groups in total. The van der Waals surface area contributed by atoms with Gasteiger partial charge in [-0.1, -0.05) is 0 Å². The van der Waals surface area contributed by atoms with Crippen molar-refractivity contribution in [2.75, 3.05) is 0 Å². The number of rotatable bonds is 5. The molecule has 0 atom stereocenters. The number of hydrogen-bond acceptors (Lipinski definition) is 5. The van der Waals surface area contributed by atoms with Crippen molar-refractivity contribution in [3.63, 3.8) is 0 Å². The van der Waals surface area contributed by atoms with Gasteiger partial charge in [0.2, 0.25) is 10.0 Å². The maximum Gasteiger partial charge on any atom is 0.241 e. The van der Waals surface area contributed by atoms with E-state index in [9.17, 15) is 12.8 Å². The highest BCUT2D eigenvalue weighted by Crippen LogP contribution is 2.20. The van der Waals surface area contributed by atoms with Gasteiger partial charge in [-0.3, -0.25) is 0 Å². The first-order chi connectivity index (χ1) is 9.94. The first kappa shape index (κ1) is 15.5. The highest BCUT2D eigenvalue weighted by atomic mass is 32.2. The molecule has 8 heteroatoms. The van der Waals surface area contributed by atoms with E-state index in [1.54, 1.807) is 6.07 Å². The molecule has 21 heavy (non-hydrogen) atoms. The summed E-state index contributed by atoms with van der Waals surface area (Å²) < 4.78 is 40.7. The third-order valence-electron chi connectivity index (χ3n) is 2.97. The lowest BCUT2D eigenvalue weighted by atomic mass is 10.1. The summed E-state index contributed by atoms with van der Waals surface area (Å²) in [6.07, 6.45) is 2.83. The standard InChI is InChI=1S/C13H15FN4O2S/c1-9-12(14)4-10(6-15)5-13(9)21(19,20)18-7-11-2-3-16-8-17-11/h2-5,8,18H,6-7,15H2,1H3. The Labute approximate surface area is 122 Å². The molecule has 1 aromatic heterocycles. The van der Waals surface area contributed by atoms with Crippen LogP contribution in [0, 0.1) is 12.7 Å². The summed E-state index contributed by atoms with van der Waals surface area (Å²) >= 11 is 0. The number of benzene rings is 1. The summed E-state index contributed by atoms with van der Waals surface area (Å²) in [5.41, 5.74) is 6.44. The van der Waals surface area contributed by atoms with E-state index in [4.69, 9.17) is 5.73 Å². The first-order valence-corrected chi connectivity index (χ1v) is 7.66. The monoisotopic (exact) mass is 310 g/mol. The van der Waals surface area contributed by atoms with E-state index >= 15 is 0 Å². The van der Waals surface area contributed by atoms with Crippen molar-refractivity contribution >= 4 is 10.0 Å². The fraction of sp³-hybridized carbons (Fsp3) is 0.231. The number of nitrogens with two attached hydrogens (primary N) is 1. The molecule has 0 aliphatic carbocycles. The Morgan fingerprint density at radius 1 is 1.38 bits per heavy atom. The lowest BCUT2D eigenvalue weighted by Gasteiger charge is -2.11. The van der Waals surface area contributed by atoms with Crippen LogP contribution >= 0.6 is 0 Å². The zero-order valence-electron chi connectivity index (χ0n) is 11.4. The topological polar surface area (TPSA) is 98.0 Å². The number of nitrogens with zero attached hydrogens (tertiary/aromatic N) is 2. The number of sulfonamides is 1. The van der Waals surface area contributed by atoms with Crippen LogP contribution in [-0.4, -0.2) is 18.4 Å². The fourth-order valence-electron chi connectivity index (χ4n) is 1.77. The quantitative estimate of drug-likeness (QED) is 0.853. The maximum atomic E-state index is 13.8. The average molecular weight is 310 g/mol. The predicted molar refractivity (Wildman–Crippen MR) is 75.1 cm³/mol. The molecule has 2 aromatic rings. The van der Waals surface area contributed by atoms with Crippen molar-refractivity contribution in [1.29, 1.82) is 0 Å². The van der Waals surface area contributed by atoms with Crippen LogP contribution in [0.3, 0.4) is 0 Å². The van der Waals surface area contributed by atoms with E-state index in [0.717, 1.165) is 0 Å². The molecule has 6 nitrogen and oxygen atoms in total. The average Bonchev–Trinajstić information content (AvgIpc) is 2.48. The zero-order chi connectivity index (χ0) is 15.5. The van der Waals surface area contributed by atoms with Crippen molar-refractivity contribution in [2.24, 2.45) is 5.73 Å². The molecule has 0 aliphatic rings. The van der Waals surface area contributed by atoms with Gasteiger partial charge in [0.05, 0.1) is 17.1 Å². The van der Waals surface area contributed by atoms with Crippen molar-refractivity contribution in [3.05, 3.63) is 53.4 Å². The molecule has 0 amide bonds. The van der Waals surface area contributed by atoms with Gasteiger partial charge in [0.15, 0.2) is 0 Å². The molecule has 2 rings (SSSR count). The molecule has 0 fully saturated rings. The minimum absolute atomic E-state index is 0.00123. The third kappa shape index (κ3) is 3.60. The molecule has 1 heterocycles. The van der Waals surface area contributed by atoms with Crippen LogP contribution in [0.15, 0.2) is 35.6 Å². The van der Waals surface area contributed by atoms with E-state index in [-0.39, 0.29) is 23.5 Å². The molecule has 0 aliphatic heterocycles.